The molecular formula is C15H16ClNS. The molecule has 0 spiro atoms. The summed E-state index contributed by atoms with van der Waals surface area (Å²) in [4.78, 5) is 2.43. The predicted molar refractivity (Wildman–Crippen MR) is 79.7 cm³/mol. The van der Waals surface area contributed by atoms with Crippen LogP contribution in [0.1, 0.15) is 24.8 Å². The van der Waals surface area contributed by atoms with Crippen LogP contribution in [-0.2, 0) is 5.54 Å². The highest BCUT2D eigenvalue weighted by molar-refractivity contribution is 7.14. The van der Waals surface area contributed by atoms with E-state index in [0.717, 1.165) is 5.02 Å². The van der Waals surface area contributed by atoms with E-state index in [9.17, 15) is 0 Å². The molecule has 0 N–H and O–H groups in total. The van der Waals surface area contributed by atoms with Crippen LogP contribution < -0.4 is 4.90 Å². The summed E-state index contributed by atoms with van der Waals surface area (Å²) in [6.45, 7) is 0. The Hall–Kier alpha value is -0.990. The lowest BCUT2D eigenvalue weighted by Gasteiger charge is -2.50. The maximum absolute atomic E-state index is 5.99. The van der Waals surface area contributed by atoms with Crippen molar-refractivity contribution in [3.05, 3.63) is 52.4 Å². The van der Waals surface area contributed by atoms with E-state index in [0.29, 0.717) is 0 Å². The van der Waals surface area contributed by atoms with E-state index in [1.807, 2.05) is 12.1 Å². The summed E-state index contributed by atoms with van der Waals surface area (Å²) in [5.74, 6) is 0. The molecule has 1 fully saturated rings. The average molecular weight is 278 g/mol. The van der Waals surface area contributed by atoms with Crippen molar-refractivity contribution in [3.63, 3.8) is 0 Å². The third-order valence-corrected chi connectivity index (χ3v) is 5.24. The highest BCUT2D eigenvalue weighted by atomic mass is 35.5. The van der Waals surface area contributed by atoms with Gasteiger partial charge in [0.2, 0.25) is 0 Å². The second kappa shape index (κ2) is 4.60. The van der Waals surface area contributed by atoms with Gasteiger partial charge in [0.1, 0.15) is 0 Å². The smallest absolute Gasteiger partial charge is 0.0913 e. The molecule has 1 aliphatic carbocycles. The molecule has 0 amide bonds. The first-order valence-corrected chi connectivity index (χ1v) is 7.51. The molecule has 3 heteroatoms. The summed E-state index contributed by atoms with van der Waals surface area (Å²) in [6, 6.07) is 12.7. The van der Waals surface area contributed by atoms with Crippen molar-refractivity contribution in [3.8, 4) is 0 Å². The van der Waals surface area contributed by atoms with Gasteiger partial charge in [-0.3, -0.25) is 0 Å². The number of hydrogen-bond donors (Lipinski definition) is 0. The van der Waals surface area contributed by atoms with Crippen molar-refractivity contribution >= 4 is 27.9 Å². The van der Waals surface area contributed by atoms with Gasteiger partial charge in [0.15, 0.2) is 0 Å². The van der Waals surface area contributed by atoms with Gasteiger partial charge in [-0.2, -0.15) is 0 Å². The van der Waals surface area contributed by atoms with Gasteiger partial charge in [0.25, 0.3) is 0 Å². The Morgan fingerprint density at radius 2 is 1.89 bits per heavy atom. The van der Waals surface area contributed by atoms with Gasteiger partial charge in [-0.15, -0.1) is 11.3 Å². The second-order valence-electron chi connectivity index (χ2n) is 4.90. The fourth-order valence-corrected chi connectivity index (χ4v) is 3.67. The van der Waals surface area contributed by atoms with Crippen LogP contribution >= 0.6 is 22.9 Å². The minimum Gasteiger partial charge on any atom is -0.357 e. The SMILES string of the molecule is CN(c1cccs1)C1(c2ccc(Cl)cc2)CCC1. The van der Waals surface area contributed by atoms with Crippen molar-refractivity contribution < 1.29 is 0 Å². The van der Waals surface area contributed by atoms with E-state index >= 15 is 0 Å². The first-order valence-electron chi connectivity index (χ1n) is 6.26. The lowest BCUT2D eigenvalue weighted by atomic mass is 9.71. The van der Waals surface area contributed by atoms with Gasteiger partial charge in [-0.05, 0) is 54.5 Å². The third-order valence-electron chi connectivity index (χ3n) is 4.04. The van der Waals surface area contributed by atoms with Crippen LogP contribution in [0.5, 0.6) is 0 Å². The zero-order chi connectivity index (χ0) is 12.6. The zero-order valence-corrected chi connectivity index (χ0v) is 12.0. The van der Waals surface area contributed by atoms with Crippen LogP contribution in [-0.4, -0.2) is 7.05 Å². The lowest BCUT2D eigenvalue weighted by molar-refractivity contribution is 0.242. The van der Waals surface area contributed by atoms with Crippen molar-refractivity contribution in [2.75, 3.05) is 11.9 Å². The molecule has 0 bridgehead atoms. The number of nitrogens with zero attached hydrogens (tertiary/aromatic N) is 1. The summed E-state index contributed by atoms with van der Waals surface area (Å²) >= 11 is 7.80. The van der Waals surface area contributed by atoms with Crippen LogP contribution in [0.4, 0.5) is 5.00 Å². The fourth-order valence-electron chi connectivity index (χ4n) is 2.76. The van der Waals surface area contributed by atoms with E-state index in [2.05, 4.69) is 41.6 Å². The molecule has 0 aliphatic heterocycles. The summed E-state index contributed by atoms with van der Waals surface area (Å²) in [7, 11) is 2.21. The van der Waals surface area contributed by atoms with Crippen molar-refractivity contribution in [1.82, 2.24) is 0 Å². The molecule has 18 heavy (non-hydrogen) atoms. The van der Waals surface area contributed by atoms with Gasteiger partial charge in [0, 0.05) is 12.1 Å². The predicted octanol–water partition coefficient (Wildman–Crippen LogP) is 4.92. The summed E-state index contributed by atoms with van der Waals surface area (Å²) in [5.41, 5.74) is 1.56. The minimum absolute atomic E-state index is 0.176. The standard InChI is InChI=1S/C15H16ClNS/c1-17(14-4-2-11-18-14)15(9-3-10-15)12-5-7-13(16)8-6-12/h2,4-8,11H,3,9-10H2,1H3. The molecule has 0 unspecified atom stereocenters. The molecule has 1 aliphatic rings. The fraction of sp³-hybridized carbons (Fsp3) is 0.333. The molecule has 2 aromatic rings. The lowest BCUT2D eigenvalue weighted by Crippen LogP contribution is -2.49. The quantitative estimate of drug-likeness (QED) is 0.770. The van der Waals surface area contributed by atoms with E-state index in [1.165, 1.54) is 29.8 Å². The van der Waals surface area contributed by atoms with Gasteiger partial charge < -0.3 is 4.90 Å². The highest BCUT2D eigenvalue weighted by Crippen LogP contribution is 2.48. The van der Waals surface area contributed by atoms with Crippen LogP contribution in [0.25, 0.3) is 0 Å². The van der Waals surface area contributed by atoms with Gasteiger partial charge in [-0.1, -0.05) is 23.7 Å². The molecule has 1 nitrogen and oxygen atoms in total. The molecule has 1 saturated carbocycles. The van der Waals surface area contributed by atoms with E-state index < -0.39 is 0 Å². The van der Waals surface area contributed by atoms with E-state index in [1.54, 1.807) is 11.3 Å². The molecule has 1 heterocycles. The Bertz CT molecular complexity index is 514. The normalized spacial score (nSPS) is 17.2. The molecule has 94 valence electrons. The molecular weight excluding hydrogens is 262 g/mol. The van der Waals surface area contributed by atoms with Crippen molar-refractivity contribution in [2.45, 2.75) is 24.8 Å². The summed E-state index contributed by atoms with van der Waals surface area (Å²) < 4.78 is 0. The van der Waals surface area contributed by atoms with Gasteiger partial charge >= 0.3 is 0 Å². The molecule has 3 rings (SSSR count). The first-order chi connectivity index (χ1) is 8.72. The van der Waals surface area contributed by atoms with Crippen LogP contribution in [0, 0.1) is 0 Å². The van der Waals surface area contributed by atoms with Crippen LogP contribution in [0.2, 0.25) is 5.02 Å². The van der Waals surface area contributed by atoms with E-state index in [-0.39, 0.29) is 5.54 Å². The number of rotatable bonds is 3. The summed E-state index contributed by atoms with van der Waals surface area (Å²) in [5, 5.41) is 4.29. The minimum atomic E-state index is 0.176. The first kappa shape index (κ1) is 12.1. The number of benzene rings is 1. The Labute approximate surface area is 117 Å². The number of thiophene rings is 1. The third kappa shape index (κ3) is 1.84. The molecule has 1 aromatic heterocycles. The maximum atomic E-state index is 5.99. The average Bonchev–Trinajstić information content (AvgIpc) is 2.83. The molecule has 1 aromatic carbocycles. The van der Waals surface area contributed by atoms with Crippen molar-refractivity contribution in [1.29, 1.82) is 0 Å². The number of anilines is 1. The van der Waals surface area contributed by atoms with Crippen LogP contribution in [0.3, 0.4) is 0 Å². The Balaban J connectivity index is 1.97. The maximum Gasteiger partial charge on any atom is 0.0913 e. The topological polar surface area (TPSA) is 3.24 Å². The second-order valence-corrected chi connectivity index (χ2v) is 6.26. The van der Waals surface area contributed by atoms with E-state index in [4.69, 9.17) is 11.6 Å². The largest absolute Gasteiger partial charge is 0.357 e. The number of hydrogen-bond acceptors (Lipinski definition) is 2. The van der Waals surface area contributed by atoms with Gasteiger partial charge in [-0.25, -0.2) is 0 Å². The Morgan fingerprint density at radius 3 is 2.39 bits per heavy atom. The van der Waals surface area contributed by atoms with Crippen LogP contribution in [0.15, 0.2) is 41.8 Å². The Morgan fingerprint density at radius 1 is 1.17 bits per heavy atom. The zero-order valence-electron chi connectivity index (χ0n) is 10.4. The highest BCUT2D eigenvalue weighted by Gasteiger charge is 2.42. The monoisotopic (exact) mass is 277 g/mol. The Kier molecular flexibility index (Phi) is 3.08. The molecule has 0 saturated heterocycles. The molecule has 0 atom stereocenters. The molecule has 0 radical (unpaired) electrons. The van der Waals surface area contributed by atoms with Gasteiger partial charge in [0.05, 0.1) is 10.5 Å². The van der Waals surface area contributed by atoms with Crippen molar-refractivity contribution in [2.24, 2.45) is 0 Å². The number of halogens is 1. The summed E-state index contributed by atoms with van der Waals surface area (Å²) in [6.07, 6.45) is 3.75.